The molecule has 0 radical (unpaired) electrons. The summed E-state index contributed by atoms with van der Waals surface area (Å²) < 4.78 is 0. The van der Waals surface area contributed by atoms with Crippen molar-refractivity contribution in [1.29, 1.82) is 0 Å². The van der Waals surface area contributed by atoms with Crippen LogP contribution in [0.5, 0.6) is 0 Å². The number of carbonyl (C=O) groups is 2. The minimum atomic E-state index is -0.377. The van der Waals surface area contributed by atoms with E-state index in [0.717, 1.165) is 30.6 Å². The fourth-order valence-corrected chi connectivity index (χ4v) is 4.50. The molecule has 2 saturated heterocycles. The van der Waals surface area contributed by atoms with Gasteiger partial charge in [-0.05, 0) is 63.5 Å². The first-order valence-corrected chi connectivity index (χ1v) is 9.59. The van der Waals surface area contributed by atoms with Gasteiger partial charge >= 0.3 is 0 Å². The average Bonchev–Trinajstić information content (AvgIpc) is 3.19. The zero-order chi connectivity index (χ0) is 17.3. The third kappa shape index (κ3) is 3.44. The number of thioether (sulfide) groups is 1. The number of rotatable bonds is 3. The highest BCUT2D eigenvalue weighted by Crippen LogP contribution is 2.26. The van der Waals surface area contributed by atoms with Gasteiger partial charge in [0.15, 0.2) is 0 Å². The lowest BCUT2D eigenvalue weighted by atomic mass is 10.1. The third-order valence-electron chi connectivity index (χ3n) is 5.05. The van der Waals surface area contributed by atoms with E-state index >= 15 is 0 Å². The van der Waals surface area contributed by atoms with Gasteiger partial charge in [-0.15, -0.1) is 11.8 Å². The van der Waals surface area contributed by atoms with E-state index in [1.54, 1.807) is 16.7 Å². The highest BCUT2D eigenvalue weighted by atomic mass is 32.2. The van der Waals surface area contributed by atoms with Crippen LogP contribution in [0.3, 0.4) is 0 Å². The number of anilines is 1. The molecular weight excluding hydrogens is 322 g/mol. The van der Waals surface area contributed by atoms with E-state index in [1.165, 1.54) is 5.56 Å². The Hall–Kier alpha value is -1.53. The monoisotopic (exact) mass is 347 g/mol. The van der Waals surface area contributed by atoms with Crippen molar-refractivity contribution in [2.24, 2.45) is 0 Å². The van der Waals surface area contributed by atoms with E-state index in [0.29, 0.717) is 11.6 Å². The smallest absolute Gasteiger partial charge is 0.248 e. The number of nitrogens with zero attached hydrogens (tertiary/aromatic N) is 2. The van der Waals surface area contributed by atoms with Crippen molar-refractivity contribution in [2.45, 2.75) is 38.8 Å². The Morgan fingerprint density at radius 2 is 2.00 bits per heavy atom. The largest absolute Gasteiger partial charge is 0.324 e. The summed E-state index contributed by atoms with van der Waals surface area (Å²) in [6.45, 7) is 5.03. The van der Waals surface area contributed by atoms with Crippen LogP contribution >= 0.6 is 11.8 Å². The van der Waals surface area contributed by atoms with Gasteiger partial charge in [-0.3, -0.25) is 14.5 Å². The Balaban J connectivity index is 1.69. The minimum Gasteiger partial charge on any atom is -0.324 e. The summed E-state index contributed by atoms with van der Waals surface area (Å²) >= 11 is 1.65. The second-order valence-corrected chi connectivity index (χ2v) is 7.75. The number of likely N-dealkylation sites (N-methyl/N-ethyl adjacent to an activating group) is 1. The molecule has 1 N–H and O–H groups in total. The van der Waals surface area contributed by atoms with Gasteiger partial charge in [0, 0.05) is 11.4 Å². The second-order valence-electron chi connectivity index (χ2n) is 6.75. The van der Waals surface area contributed by atoms with E-state index in [1.807, 2.05) is 39.1 Å². The fraction of sp³-hybridized carbons (Fsp3) is 0.556. The molecule has 1 aromatic carbocycles. The standard InChI is InChI=1S/C18H25N3O2S/c1-12-6-7-14(9-13(12)2)19-17(22)16-10-24-11-21(16)18(23)15-5-4-8-20(15)3/h6-7,9,15-16H,4-5,8,10-11H2,1-3H3,(H,19,22). The van der Waals surface area contributed by atoms with Crippen molar-refractivity contribution in [2.75, 3.05) is 30.5 Å². The maximum absolute atomic E-state index is 12.8. The minimum absolute atomic E-state index is 0.0689. The third-order valence-corrected chi connectivity index (χ3v) is 6.06. The lowest BCUT2D eigenvalue weighted by molar-refractivity contribution is -0.139. The number of nitrogens with one attached hydrogen (secondary N) is 1. The lowest BCUT2D eigenvalue weighted by Crippen LogP contribution is -2.50. The predicted octanol–water partition coefficient (Wildman–Crippen LogP) is 2.24. The zero-order valence-corrected chi connectivity index (χ0v) is 15.4. The molecule has 2 atom stereocenters. The van der Waals surface area contributed by atoms with Crippen LogP contribution < -0.4 is 5.32 Å². The summed E-state index contributed by atoms with van der Waals surface area (Å²) in [4.78, 5) is 29.4. The van der Waals surface area contributed by atoms with Crippen LogP contribution in [0.1, 0.15) is 24.0 Å². The number of amides is 2. The molecule has 2 fully saturated rings. The number of likely N-dealkylation sites (tertiary alicyclic amines) is 1. The number of aryl methyl sites for hydroxylation is 2. The Morgan fingerprint density at radius 1 is 1.21 bits per heavy atom. The Labute approximate surface area is 147 Å². The lowest BCUT2D eigenvalue weighted by Gasteiger charge is -2.28. The van der Waals surface area contributed by atoms with E-state index < -0.39 is 0 Å². The predicted molar refractivity (Wildman–Crippen MR) is 98.2 cm³/mol. The number of hydrogen-bond donors (Lipinski definition) is 1. The second kappa shape index (κ2) is 7.15. The number of benzene rings is 1. The number of hydrogen-bond acceptors (Lipinski definition) is 4. The molecule has 6 heteroatoms. The highest BCUT2D eigenvalue weighted by molar-refractivity contribution is 7.99. The molecule has 2 aliphatic rings. The molecule has 130 valence electrons. The normalized spacial score (nSPS) is 24.4. The maximum atomic E-state index is 12.8. The van der Waals surface area contributed by atoms with Crippen LogP contribution in [0, 0.1) is 13.8 Å². The molecule has 0 bridgehead atoms. The molecule has 2 aliphatic heterocycles. The molecule has 2 amide bonds. The van der Waals surface area contributed by atoms with E-state index in [2.05, 4.69) is 10.2 Å². The van der Waals surface area contributed by atoms with Gasteiger partial charge in [0.1, 0.15) is 6.04 Å². The Morgan fingerprint density at radius 3 is 2.67 bits per heavy atom. The zero-order valence-electron chi connectivity index (χ0n) is 14.5. The van der Waals surface area contributed by atoms with Crippen LogP contribution in [0.4, 0.5) is 5.69 Å². The topological polar surface area (TPSA) is 52.7 Å². The number of carbonyl (C=O) groups excluding carboxylic acids is 2. The summed E-state index contributed by atoms with van der Waals surface area (Å²) in [5.41, 5.74) is 3.14. The quantitative estimate of drug-likeness (QED) is 0.911. The van der Waals surface area contributed by atoms with E-state index in [9.17, 15) is 9.59 Å². The average molecular weight is 347 g/mol. The van der Waals surface area contributed by atoms with Crippen LogP contribution in [-0.2, 0) is 9.59 Å². The summed E-state index contributed by atoms with van der Waals surface area (Å²) in [5, 5.41) is 2.98. The van der Waals surface area contributed by atoms with Crippen molar-refractivity contribution in [3.05, 3.63) is 29.3 Å². The maximum Gasteiger partial charge on any atom is 0.248 e. The first-order valence-electron chi connectivity index (χ1n) is 8.44. The molecule has 1 aromatic rings. The fourth-order valence-electron chi connectivity index (χ4n) is 3.34. The molecule has 2 unspecified atom stereocenters. The van der Waals surface area contributed by atoms with Gasteiger partial charge < -0.3 is 10.2 Å². The highest BCUT2D eigenvalue weighted by Gasteiger charge is 2.40. The van der Waals surface area contributed by atoms with Crippen molar-refractivity contribution in [1.82, 2.24) is 9.80 Å². The van der Waals surface area contributed by atoms with Gasteiger partial charge in [-0.25, -0.2) is 0 Å². The van der Waals surface area contributed by atoms with Gasteiger partial charge in [0.25, 0.3) is 0 Å². The summed E-state index contributed by atoms with van der Waals surface area (Å²) in [6.07, 6.45) is 1.94. The van der Waals surface area contributed by atoms with E-state index in [-0.39, 0.29) is 23.9 Å². The molecular formula is C18H25N3O2S. The molecule has 0 aliphatic carbocycles. The summed E-state index contributed by atoms with van der Waals surface area (Å²) in [5.74, 6) is 1.28. The van der Waals surface area contributed by atoms with Crippen LogP contribution in [0.25, 0.3) is 0 Å². The van der Waals surface area contributed by atoms with Crippen molar-refractivity contribution in [3.8, 4) is 0 Å². The van der Waals surface area contributed by atoms with Crippen molar-refractivity contribution in [3.63, 3.8) is 0 Å². The van der Waals surface area contributed by atoms with Gasteiger partial charge in [-0.1, -0.05) is 6.07 Å². The van der Waals surface area contributed by atoms with Gasteiger partial charge in [0.2, 0.25) is 11.8 Å². The van der Waals surface area contributed by atoms with Gasteiger partial charge in [-0.2, -0.15) is 0 Å². The summed E-state index contributed by atoms with van der Waals surface area (Å²) in [6, 6.07) is 5.45. The first kappa shape index (κ1) is 17.3. The molecule has 0 saturated carbocycles. The summed E-state index contributed by atoms with van der Waals surface area (Å²) in [7, 11) is 1.99. The van der Waals surface area contributed by atoms with Crippen LogP contribution in [-0.4, -0.2) is 58.9 Å². The molecule has 5 nitrogen and oxygen atoms in total. The Kier molecular flexibility index (Phi) is 5.15. The molecule has 3 rings (SSSR count). The van der Waals surface area contributed by atoms with Crippen molar-refractivity contribution >= 4 is 29.3 Å². The SMILES string of the molecule is Cc1ccc(NC(=O)C2CSCN2C(=O)C2CCCN2C)cc1C. The van der Waals surface area contributed by atoms with Crippen molar-refractivity contribution < 1.29 is 9.59 Å². The first-order chi connectivity index (χ1) is 11.5. The van der Waals surface area contributed by atoms with Crippen LogP contribution in [0.15, 0.2) is 18.2 Å². The Bertz CT molecular complexity index is 649. The molecule has 2 heterocycles. The molecule has 0 spiro atoms. The van der Waals surface area contributed by atoms with Gasteiger partial charge in [0.05, 0.1) is 11.9 Å². The molecule has 24 heavy (non-hydrogen) atoms. The van der Waals surface area contributed by atoms with E-state index in [4.69, 9.17) is 0 Å². The molecule has 0 aromatic heterocycles. The van der Waals surface area contributed by atoms with Crippen LogP contribution in [0.2, 0.25) is 0 Å².